The van der Waals surface area contributed by atoms with Gasteiger partial charge in [-0.3, -0.25) is 4.57 Å². The van der Waals surface area contributed by atoms with Crippen molar-refractivity contribution in [1.82, 2.24) is 14.1 Å². The largest absolute Gasteiger partial charge is 0.309 e. The molecule has 0 aliphatic rings. The van der Waals surface area contributed by atoms with Crippen LogP contribution in [0, 0.1) is 6.92 Å². The maximum absolute atomic E-state index is 5.11. The quantitative estimate of drug-likeness (QED) is 0.189. The third kappa shape index (κ3) is 4.09. The van der Waals surface area contributed by atoms with Crippen molar-refractivity contribution in [2.75, 3.05) is 0 Å². The molecule has 0 unspecified atom stereocenters. The van der Waals surface area contributed by atoms with E-state index in [-0.39, 0.29) is 0 Å². The van der Waals surface area contributed by atoms with Crippen molar-refractivity contribution in [2.45, 2.75) is 6.92 Å². The van der Waals surface area contributed by atoms with E-state index in [1.807, 2.05) is 11.3 Å². The van der Waals surface area contributed by atoms with E-state index in [4.69, 9.17) is 4.98 Å². The number of hydrogen-bond acceptors (Lipinski definition) is 2. The number of fused-ring (bicyclic) bond motifs is 7. The molecule has 0 saturated carbocycles. The number of aromatic nitrogens is 3. The average Bonchev–Trinajstić information content (AvgIpc) is 3.81. The van der Waals surface area contributed by atoms with Gasteiger partial charge in [-0.05, 0) is 96.4 Å². The van der Waals surface area contributed by atoms with Crippen LogP contribution in [0.1, 0.15) is 5.56 Å². The molecule has 0 N–H and O–H groups in total. The smallest absolute Gasteiger partial charge is 0.145 e. The number of nitrogens with zero attached hydrogens (tertiary/aromatic N) is 3. The second-order valence-electron chi connectivity index (χ2n) is 12.5. The van der Waals surface area contributed by atoms with Gasteiger partial charge in [-0.1, -0.05) is 84.9 Å². The molecule has 3 heterocycles. The standard InChI is InChI=1S/C44H29N3S/c1-28-10-8-11-32(26-28)47-41-18-6-4-16-38(41)45-44(47)29-20-23-31(24-21-29)46-39-17-5-2-12-34(39)37-27-30(22-25-40(37)46)33-14-9-15-36-35-13-3-7-19-42(35)48-43(33)36/h2-27H,1H3. The van der Waals surface area contributed by atoms with Crippen LogP contribution >= 0.6 is 11.3 Å². The Kier molecular flexibility index (Phi) is 5.96. The van der Waals surface area contributed by atoms with Crippen molar-refractivity contribution < 1.29 is 0 Å². The minimum atomic E-state index is 0.940. The minimum absolute atomic E-state index is 0.940. The molecule has 3 aromatic heterocycles. The maximum atomic E-state index is 5.11. The molecule has 0 amide bonds. The first-order valence-electron chi connectivity index (χ1n) is 16.3. The first-order chi connectivity index (χ1) is 23.7. The van der Waals surface area contributed by atoms with Gasteiger partial charge in [0.2, 0.25) is 0 Å². The number of benzene rings is 7. The highest BCUT2D eigenvalue weighted by Crippen LogP contribution is 2.42. The zero-order chi connectivity index (χ0) is 31.8. The van der Waals surface area contributed by atoms with Crippen LogP contribution in [0.3, 0.4) is 0 Å². The van der Waals surface area contributed by atoms with Crippen LogP contribution in [0.15, 0.2) is 158 Å². The molecule has 0 aliphatic heterocycles. The van der Waals surface area contributed by atoms with E-state index in [1.165, 1.54) is 58.7 Å². The molecule has 48 heavy (non-hydrogen) atoms. The molecule has 0 atom stereocenters. The molecule has 0 spiro atoms. The topological polar surface area (TPSA) is 22.8 Å². The summed E-state index contributed by atoms with van der Waals surface area (Å²) in [4.78, 5) is 5.11. The number of rotatable bonds is 4. The Balaban J connectivity index is 1.12. The fourth-order valence-electron chi connectivity index (χ4n) is 7.40. The average molecular weight is 632 g/mol. The highest BCUT2D eigenvalue weighted by atomic mass is 32.1. The summed E-state index contributed by atoms with van der Waals surface area (Å²) in [6.07, 6.45) is 0. The lowest BCUT2D eigenvalue weighted by Crippen LogP contribution is -1.99. The molecule has 4 heteroatoms. The third-order valence-corrected chi connectivity index (χ3v) is 10.8. The van der Waals surface area contributed by atoms with Crippen LogP contribution in [0.2, 0.25) is 0 Å². The second-order valence-corrected chi connectivity index (χ2v) is 13.6. The summed E-state index contributed by atoms with van der Waals surface area (Å²) in [5.74, 6) is 0.940. The summed E-state index contributed by atoms with van der Waals surface area (Å²) in [6, 6.07) is 57.0. The van der Waals surface area contributed by atoms with Crippen LogP contribution in [-0.2, 0) is 0 Å². The van der Waals surface area contributed by atoms with Crippen LogP contribution in [0.4, 0.5) is 0 Å². The van der Waals surface area contributed by atoms with Gasteiger partial charge in [-0.25, -0.2) is 4.98 Å². The maximum Gasteiger partial charge on any atom is 0.145 e. The first kappa shape index (κ1) is 27.2. The molecule has 0 bridgehead atoms. The van der Waals surface area contributed by atoms with Gasteiger partial charge in [0.15, 0.2) is 0 Å². The molecular weight excluding hydrogens is 603 g/mol. The highest BCUT2D eigenvalue weighted by Gasteiger charge is 2.17. The molecule has 0 fully saturated rings. The highest BCUT2D eigenvalue weighted by molar-refractivity contribution is 7.26. The molecule has 10 aromatic rings. The van der Waals surface area contributed by atoms with Crippen molar-refractivity contribution in [2.24, 2.45) is 0 Å². The summed E-state index contributed by atoms with van der Waals surface area (Å²) in [6.45, 7) is 2.14. The fraction of sp³-hybridized carbons (Fsp3) is 0.0227. The zero-order valence-electron chi connectivity index (χ0n) is 26.3. The molecule has 0 radical (unpaired) electrons. The minimum Gasteiger partial charge on any atom is -0.309 e. The van der Waals surface area contributed by atoms with Gasteiger partial charge in [0.05, 0.1) is 22.1 Å². The lowest BCUT2D eigenvalue weighted by atomic mass is 10.0. The Morgan fingerprint density at radius 2 is 1.19 bits per heavy atom. The van der Waals surface area contributed by atoms with Crippen molar-refractivity contribution in [3.05, 3.63) is 163 Å². The van der Waals surface area contributed by atoms with Crippen molar-refractivity contribution in [3.63, 3.8) is 0 Å². The summed E-state index contributed by atoms with van der Waals surface area (Å²) in [7, 11) is 0. The van der Waals surface area contributed by atoms with Crippen molar-refractivity contribution in [3.8, 4) is 33.9 Å². The SMILES string of the molecule is Cc1cccc(-n2c(-c3ccc(-n4c5ccccc5c5cc(-c6cccc7c6sc6ccccc67)ccc54)cc3)nc3ccccc32)c1. The van der Waals surface area contributed by atoms with Gasteiger partial charge < -0.3 is 4.57 Å². The molecular formula is C44H29N3S. The van der Waals surface area contributed by atoms with Crippen molar-refractivity contribution in [1.29, 1.82) is 0 Å². The number of imidazole rings is 1. The fourth-order valence-corrected chi connectivity index (χ4v) is 8.64. The Morgan fingerprint density at radius 1 is 0.479 bits per heavy atom. The molecule has 226 valence electrons. The van der Waals surface area contributed by atoms with Gasteiger partial charge >= 0.3 is 0 Å². The zero-order valence-corrected chi connectivity index (χ0v) is 27.1. The summed E-state index contributed by atoms with van der Waals surface area (Å²) in [5.41, 5.74) is 11.6. The van der Waals surface area contributed by atoms with Gasteiger partial charge in [-0.2, -0.15) is 0 Å². The van der Waals surface area contributed by atoms with Crippen molar-refractivity contribution >= 4 is 64.3 Å². The normalized spacial score (nSPS) is 11.9. The monoisotopic (exact) mass is 631 g/mol. The van der Waals surface area contributed by atoms with Crippen LogP contribution in [0.5, 0.6) is 0 Å². The molecule has 0 aliphatic carbocycles. The predicted molar refractivity (Wildman–Crippen MR) is 204 cm³/mol. The van der Waals surface area contributed by atoms with E-state index in [0.29, 0.717) is 0 Å². The van der Waals surface area contributed by atoms with E-state index in [9.17, 15) is 0 Å². The van der Waals surface area contributed by atoms with Crippen LogP contribution < -0.4 is 0 Å². The van der Waals surface area contributed by atoms with Gasteiger partial charge in [0.25, 0.3) is 0 Å². The Hall–Kier alpha value is -5.97. The van der Waals surface area contributed by atoms with E-state index in [0.717, 1.165) is 33.8 Å². The lowest BCUT2D eigenvalue weighted by molar-refractivity contribution is 1.10. The second kappa shape index (κ2) is 10.5. The van der Waals surface area contributed by atoms with E-state index < -0.39 is 0 Å². The van der Waals surface area contributed by atoms with Gasteiger partial charge in [0, 0.05) is 47.9 Å². The molecule has 7 aromatic carbocycles. The number of aryl methyl sites for hydroxylation is 1. The van der Waals surface area contributed by atoms with E-state index in [1.54, 1.807) is 0 Å². The number of para-hydroxylation sites is 3. The summed E-state index contributed by atoms with van der Waals surface area (Å²) < 4.78 is 7.34. The molecule has 3 nitrogen and oxygen atoms in total. The lowest BCUT2D eigenvalue weighted by Gasteiger charge is -2.12. The Morgan fingerprint density at radius 3 is 2.06 bits per heavy atom. The Labute approximate surface area is 281 Å². The predicted octanol–water partition coefficient (Wildman–Crippen LogP) is 12.1. The summed E-state index contributed by atoms with van der Waals surface area (Å²) in [5, 5.41) is 5.16. The van der Waals surface area contributed by atoms with Crippen LogP contribution in [-0.4, -0.2) is 14.1 Å². The van der Waals surface area contributed by atoms with Gasteiger partial charge in [-0.15, -0.1) is 11.3 Å². The van der Waals surface area contributed by atoms with Gasteiger partial charge in [0.1, 0.15) is 5.82 Å². The Bertz CT molecular complexity index is 2850. The third-order valence-electron chi connectivity index (χ3n) is 9.59. The number of thiophene rings is 1. The molecule has 0 saturated heterocycles. The first-order valence-corrected chi connectivity index (χ1v) is 17.1. The summed E-state index contributed by atoms with van der Waals surface area (Å²) >= 11 is 1.88. The number of hydrogen-bond donors (Lipinski definition) is 0. The van der Waals surface area contributed by atoms with E-state index >= 15 is 0 Å². The van der Waals surface area contributed by atoms with Crippen LogP contribution in [0.25, 0.3) is 86.9 Å². The molecule has 10 rings (SSSR count). The van der Waals surface area contributed by atoms with E-state index in [2.05, 4.69) is 174 Å².